The second-order valence-corrected chi connectivity index (χ2v) is 9.68. The topological polar surface area (TPSA) is 83.6 Å². The van der Waals surface area contributed by atoms with Gasteiger partial charge in [0.05, 0.1) is 21.2 Å². The van der Waals surface area contributed by atoms with Crippen LogP contribution in [0.1, 0.15) is 12.8 Å². The molecule has 1 aliphatic rings. The molecule has 2 rings (SSSR count). The van der Waals surface area contributed by atoms with Crippen LogP contribution in [-0.4, -0.2) is 46.5 Å². The smallest absolute Gasteiger partial charge is 0.213 e. The van der Waals surface area contributed by atoms with Crippen molar-refractivity contribution in [1.82, 2.24) is 9.03 Å². The van der Waals surface area contributed by atoms with Crippen LogP contribution in [0, 0.1) is 0 Å². The number of sulfonamides is 2. The molecule has 22 heavy (non-hydrogen) atoms. The Morgan fingerprint density at radius 3 is 2.18 bits per heavy atom. The summed E-state index contributed by atoms with van der Waals surface area (Å²) >= 11 is 11.7. The summed E-state index contributed by atoms with van der Waals surface area (Å²) in [4.78, 5) is 0.0800. The Kier molecular flexibility index (Phi) is 5.41. The minimum atomic E-state index is -3.66. The van der Waals surface area contributed by atoms with Crippen molar-refractivity contribution in [3.05, 3.63) is 28.2 Å². The third kappa shape index (κ3) is 4.33. The molecule has 0 aliphatic carbocycles. The molecular formula is C12H16Cl2N2O4S2. The van der Waals surface area contributed by atoms with E-state index in [1.807, 2.05) is 0 Å². The molecule has 0 aromatic heterocycles. The molecule has 1 saturated heterocycles. The highest BCUT2D eigenvalue weighted by Crippen LogP contribution is 2.27. The predicted octanol–water partition coefficient (Wildman–Crippen LogP) is 1.70. The SMILES string of the molecule is CS(=O)(=O)NC1CCN(S(=O)(=O)c2ccc(Cl)c(Cl)c2)CC1. The molecule has 1 N–H and O–H groups in total. The summed E-state index contributed by atoms with van der Waals surface area (Å²) in [6, 6.07) is 3.93. The Morgan fingerprint density at radius 2 is 1.68 bits per heavy atom. The van der Waals surface area contributed by atoms with Crippen LogP contribution in [0.15, 0.2) is 23.1 Å². The molecule has 0 spiro atoms. The minimum absolute atomic E-state index is 0.0800. The summed E-state index contributed by atoms with van der Waals surface area (Å²) in [6.07, 6.45) is 1.94. The zero-order valence-electron chi connectivity index (χ0n) is 11.8. The van der Waals surface area contributed by atoms with Crippen molar-refractivity contribution in [2.24, 2.45) is 0 Å². The molecule has 0 saturated carbocycles. The second kappa shape index (κ2) is 6.62. The number of halogens is 2. The fraction of sp³-hybridized carbons (Fsp3) is 0.500. The Bertz CT molecular complexity index is 757. The first-order valence-corrected chi connectivity index (χ1v) is 10.6. The van der Waals surface area contributed by atoms with Crippen molar-refractivity contribution < 1.29 is 16.8 Å². The van der Waals surface area contributed by atoms with Crippen LogP contribution in [0.5, 0.6) is 0 Å². The average molecular weight is 387 g/mol. The Balaban J connectivity index is 2.11. The van der Waals surface area contributed by atoms with Crippen LogP contribution < -0.4 is 4.72 Å². The first-order chi connectivity index (χ1) is 10.1. The van der Waals surface area contributed by atoms with Gasteiger partial charge in [0.2, 0.25) is 20.0 Å². The molecule has 1 aliphatic heterocycles. The van der Waals surface area contributed by atoms with Gasteiger partial charge in [-0.1, -0.05) is 23.2 Å². The van der Waals surface area contributed by atoms with Crippen LogP contribution in [0.2, 0.25) is 10.0 Å². The first-order valence-electron chi connectivity index (χ1n) is 6.52. The average Bonchev–Trinajstić information content (AvgIpc) is 2.40. The van der Waals surface area contributed by atoms with Gasteiger partial charge in [-0.05, 0) is 31.0 Å². The summed E-state index contributed by atoms with van der Waals surface area (Å²) in [5.74, 6) is 0. The maximum Gasteiger partial charge on any atom is 0.243 e. The van der Waals surface area contributed by atoms with Crippen LogP contribution >= 0.6 is 23.2 Å². The van der Waals surface area contributed by atoms with Crippen molar-refractivity contribution in [3.63, 3.8) is 0 Å². The second-order valence-electron chi connectivity index (χ2n) is 5.14. The van der Waals surface area contributed by atoms with Crippen molar-refractivity contribution in [1.29, 1.82) is 0 Å². The molecular weight excluding hydrogens is 371 g/mol. The third-order valence-electron chi connectivity index (χ3n) is 3.36. The van der Waals surface area contributed by atoms with Crippen LogP contribution in [0.4, 0.5) is 0 Å². The van der Waals surface area contributed by atoms with Gasteiger partial charge in [-0.25, -0.2) is 21.6 Å². The highest BCUT2D eigenvalue weighted by Gasteiger charge is 2.30. The zero-order chi connectivity index (χ0) is 16.5. The van der Waals surface area contributed by atoms with Gasteiger partial charge in [-0.15, -0.1) is 0 Å². The predicted molar refractivity (Wildman–Crippen MR) is 86.2 cm³/mol. The van der Waals surface area contributed by atoms with Crippen molar-refractivity contribution in [2.45, 2.75) is 23.8 Å². The number of nitrogens with zero attached hydrogens (tertiary/aromatic N) is 1. The number of piperidine rings is 1. The molecule has 1 heterocycles. The third-order valence-corrected chi connectivity index (χ3v) is 6.76. The lowest BCUT2D eigenvalue weighted by molar-refractivity contribution is 0.309. The number of rotatable bonds is 4. The van der Waals surface area contributed by atoms with Gasteiger partial charge in [0.15, 0.2) is 0 Å². The maximum absolute atomic E-state index is 12.5. The molecule has 0 atom stereocenters. The Labute approximate surface area is 140 Å². The monoisotopic (exact) mass is 386 g/mol. The van der Waals surface area contributed by atoms with Crippen molar-refractivity contribution >= 4 is 43.2 Å². The maximum atomic E-state index is 12.5. The lowest BCUT2D eigenvalue weighted by Crippen LogP contribution is -2.46. The summed E-state index contributed by atoms with van der Waals surface area (Å²) in [5, 5.41) is 0.466. The molecule has 1 aromatic rings. The van der Waals surface area contributed by atoms with Crippen molar-refractivity contribution in [2.75, 3.05) is 19.3 Å². The zero-order valence-corrected chi connectivity index (χ0v) is 14.9. The molecule has 1 aromatic carbocycles. The Hall–Kier alpha value is -0.380. The number of hydrogen-bond donors (Lipinski definition) is 1. The molecule has 1 fully saturated rings. The molecule has 0 unspecified atom stereocenters. The lowest BCUT2D eigenvalue weighted by Gasteiger charge is -2.31. The van der Waals surface area contributed by atoms with E-state index >= 15 is 0 Å². The van der Waals surface area contributed by atoms with Gasteiger partial charge in [0.1, 0.15) is 0 Å². The van der Waals surface area contributed by atoms with Crippen LogP contribution in [0.3, 0.4) is 0 Å². The first kappa shape index (κ1) is 18.0. The van der Waals surface area contributed by atoms with Crippen LogP contribution in [0.25, 0.3) is 0 Å². The van der Waals surface area contributed by atoms with E-state index in [4.69, 9.17) is 23.2 Å². The number of benzene rings is 1. The fourth-order valence-electron chi connectivity index (χ4n) is 2.30. The van der Waals surface area contributed by atoms with E-state index in [2.05, 4.69) is 4.72 Å². The molecule has 10 heteroatoms. The minimum Gasteiger partial charge on any atom is -0.213 e. The molecule has 0 amide bonds. The highest BCUT2D eigenvalue weighted by molar-refractivity contribution is 7.89. The standard InChI is InChI=1S/C12H16Cl2N2O4S2/c1-21(17,18)15-9-4-6-16(7-5-9)22(19,20)10-2-3-11(13)12(14)8-10/h2-3,8-9,15H,4-7H2,1H3. The normalized spacial score (nSPS) is 18.5. The van der Waals surface area contributed by atoms with E-state index in [1.165, 1.54) is 22.5 Å². The molecule has 124 valence electrons. The number of nitrogens with one attached hydrogen (secondary N) is 1. The molecule has 0 radical (unpaired) electrons. The van der Waals surface area contributed by atoms with E-state index in [0.717, 1.165) is 6.26 Å². The van der Waals surface area contributed by atoms with Gasteiger partial charge in [-0.3, -0.25) is 0 Å². The Morgan fingerprint density at radius 1 is 1.09 bits per heavy atom. The van der Waals surface area contributed by atoms with E-state index in [1.54, 1.807) is 0 Å². The van der Waals surface area contributed by atoms with Gasteiger partial charge < -0.3 is 0 Å². The number of hydrogen-bond acceptors (Lipinski definition) is 4. The summed E-state index contributed by atoms with van der Waals surface area (Å²) in [5.41, 5.74) is 0. The largest absolute Gasteiger partial charge is 0.243 e. The van der Waals surface area contributed by atoms with Crippen molar-refractivity contribution in [3.8, 4) is 0 Å². The van der Waals surface area contributed by atoms with Gasteiger partial charge in [0.25, 0.3) is 0 Å². The van der Waals surface area contributed by atoms with Gasteiger partial charge in [0, 0.05) is 19.1 Å². The van der Waals surface area contributed by atoms with E-state index in [9.17, 15) is 16.8 Å². The van der Waals surface area contributed by atoms with Gasteiger partial charge >= 0.3 is 0 Å². The van der Waals surface area contributed by atoms with E-state index in [-0.39, 0.29) is 34.1 Å². The van der Waals surface area contributed by atoms with Gasteiger partial charge in [-0.2, -0.15) is 4.31 Å². The van der Waals surface area contributed by atoms with Crippen LogP contribution in [-0.2, 0) is 20.0 Å². The fourth-order valence-corrected chi connectivity index (χ4v) is 5.00. The lowest BCUT2D eigenvalue weighted by atomic mass is 10.1. The van der Waals surface area contributed by atoms with E-state index < -0.39 is 20.0 Å². The highest BCUT2D eigenvalue weighted by atomic mass is 35.5. The van der Waals surface area contributed by atoms with E-state index in [0.29, 0.717) is 12.8 Å². The molecule has 6 nitrogen and oxygen atoms in total. The molecule has 0 bridgehead atoms. The quantitative estimate of drug-likeness (QED) is 0.853. The summed E-state index contributed by atoms with van der Waals surface area (Å²) < 4.78 is 51.3. The summed E-state index contributed by atoms with van der Waals surface area (Å²) in [6.45, 7) is 0.492. The summed E-state index contributed by atoms with van der Waals surface area (Å²) in [7, 11) is -6.94.